The zero-order chi connectivity index (χ0) is 22.7. The van der Waals surface area contributed by atoms with E-state index in [-0.39, 0.29) is 24.3 Å². The number of furan rings is 1. The molecule has 0 amide bonds. The van der Waals surface area contributed by atoms with Gasteiger partial charge in [0, 0.05) is 12.0 Å². The highest BCUT2D eigenvalue weighted by Crippen LogP contribution is 2.47. The maximum Gasteiger partial charge on any atom is 0.305 e. The van der Waals surface area contributed by atoms with Gasteiger partial charge in [-0.2, -0.15) is 0 Å². The quantitative estimate of drug-likeness (QED) is 0.399. The van der Waals surface area contributed by atoms with Gasteiger partial charge in [0.05, 0.1) is 39.6 Å². The Morgan fingerprint density at radius 3 is 2.35 bits per heavy atom. The Hall–Kier alpha value is -2.57. The number of rotatable bonds is 8. The van der Waals surface area contributed by atoms with Crippen LogP contribution in [0, 0.1) is 0 Å². The lowest BCUT2D eigenvalue weighted by atomic mass is 9.99. The summed E-state index contributed by atoms with van der Waals surface area (Å²) in [5.41, 5.74) is 0.705. The molecular formula is C20H26O11. The summed E-state index contributed by atoms with van der Waals surface area (Å²) < 4.78 is 32.6. The van der Waals surface area contributed by atoms with Crippen LogP contribution in [0.5, 0.6) is 17.2 Å². The minimum absolute atomic E-state index is 0.00951. The Balaban J connectivity index is 2.09. The molecule has 1 aliphatic rings. The van der Waals surface area contributed by atoms with Gasteiger partial charge in [0.1, 0.15) is 30.2 Å². The molecule has 1 aromatic carbocycles. The summed E-state index contributed by atoms with van der Waals surface area (Å²) in [6.07, 6.45) is -5.91. The fraction of sp³-hybridized carbons (Fsp3) is 0.550. The highest BCUT2D eigenvalue weighted by Gasteiger charge is 2.45. The first-order chi connectivity index (χ1) is 14.9. The number of ether oxygens (including phenoxy) is 5. The minimum Gasteiger partial charge on any atom is -0.496 e. The van der Waals surface area contributed by atoms with E-state index in [2.05, 4.69) is 0 Å². The number of hydrogen-bond donors (Lipinski definition) is 4. The van der Waals surface area contributed by atoms with Crippen molar-refractivity contribution in [2.24, 2.45) is 0 Å². The van der Waals surface area contributed by atoms with Crippen LogP contribution in [0.3, 0.4) is 0 Å². The summed E-state index contributed by atoms with van der Waals surface area (Å²) in [5, 5.41) is 40.5. The van der Waals surface area contributed by atoms with Crippen LogP contribution in [0.2, 0.25) is 0 Å². The highest BCUT2D eigenvalue weighted by atomic mass is 16.7. The number of fused-ring (bicyclic) bond motifs is 1. The number of benzene rings is 1. The number of methoxy groups -OCH3 is 3. The van der Waals surface area contributed by atoms with Crippen LogP contribution in [0.1, 0.15) is 12.0 Å². The molecule has 31 heavy (non-hydrogen) atoms. The largest absolute Gasteiger partial charge is 0.496 e. The lowest BCUT2D eigenvalue weighted by molar-refractivity contribution is -0.277. The fourth-order valence-corrected chi connectivity index (χ4v) is 3.55. The predicted octanol–water partition coefficient (Wildman–Crippen LogP) is -0.266. The zero-order valence-corrected chi connectivity index (χ0v) is 17.3. The fourth-order valence-electron chi connectivity index (χ4n) is 3.55. The molecule has 0 spiro atoms. The highest BCUT2D eigenvalue weighted by molar-refractivity contribution is 5.93. The van der Waals surface area contributed by atoms with E-state index in [9.17, 15) is 25.2 Å². The Morgan fingerprint density at radius 2 is 1.74 bits per heavy atom. The van der Waals surface area contributed by atoms with Crippen LogP contribution < -0.4 is 14.2 Å². The van der Waals surface area contributed by atoms with Crippen molar-refractivity contribution in [3.63, 3.8) is 0 Å². The van der Waals surface area contributed by atoms with E-state index in [1.165, 1.54) is 27.6 Å². The minimum atomic E-state index is -1.64. The van der Waals surface area contributed by atoms with Gasteiger partial charge in [-0.1, -0.05) is 0 Å². The van der Waals surface area contributed by atoms with Crippen molar-refractivity contribution >= 4 is 16.9 Å². The lowest BCUT2D eigenvalue weighted by Crippen LogP contribution is -2.60. The molecule has 5 atom stereocenters. The van der Waals surface area contributed by atoms with Crippen molar-refractivity contribution in [3.8, 4) is 17.2 Å². The molecule has 1 saturated heterocycles. The Bertz CT molecular complexity index is 906. The first-order valence-corrected chi connectivity index (χ1v) is 9.55. The van der Waals surface area contributed by atoms with E-state index in [0.29, 0.717) is 22.3 Å². The molecular weight excluding hydrogens is 416 g/mol. The monoisotopic (exact) mass is 442 g/mol. The molecule has 1 fully saturated rings. The summed E-state index contributed by atoms with van der Waals surface area (Å²) in [5.74, 6) is 0.0906. The molecule has 4 N–H and O–H groups in total. The van der Waals surface area contributed by atoms with E-state index >= 15 is 0 Å². The van der Waals surface area contributed by atoms with E-state index in [0.717, 1.165) is 0 Å². The van der Waals surface area contributed by atoms with Crippen molar-refractivity contribution in [3.05, 3.63) is 17.9 Å². The number of hydrogen-bond acceptors (Lipinski definition) is 11. The van der Waals surface area contributed by atoms with E-state index in [1.54, 1.807) is 6.07 Å². The molecule has 11 heteroatoms. The van der Waals surface area contributed by atoms with Crippen LogP contribution >= 0.6 is 0 Å². The molecule has 0 radical (unpaired) electrons. The van der Waals surface area contributed by atoms with Crippen LogP contribution in [0.25, 0.3) is 11.0 Å². The lowest BCUT2D eigenvalue weighted by Gasteiger charge is -2.40. The van der Waals surface area contributed by atoms with Gasteiger partial charge in [-0.05, 0) is 12.5 Å². The van der Waals surface area contributed by atoms with Crippen molar-refractivity contribution in [1.82, 2.24) is 0 Å². The number of aliphatic hydroxyl groups excluding tert-OH is 4. The normalized spacial score (nSPS) is 26.0. The standard InChI is InChI=1S/C20H26O11/c1-26-12(22)5-4-9-16(27-2)10-6-7-29-17(10)19(28-3)18(9)31-20-15(25)14(24)13(23)11(8-21)30-20/h6-7,11,13-15,20-21,23-25H,4-5,8H2,1-3H3. The van der Waals surface area contributed by atoms with E-state index in [1.807, 2.05) is 0 Å². The van der Waals surface area contributed by atoms with Gasteiger partial charge < -0.3 is 48.5 Å². The molecule has 2 heterocycles. The maximum absolute atomic E-state index is 11.8. The average Bonchev–Trinajstić information content (AvgIpc) is 3.26. The molecule has 0 aliphatic carbocycles. The molecule has 1 aromatic heterocycles. The predicted molar refractivity (Wildman–Crippen MR) is 104 cm³/mol. The van der Waals surface area contributed by atoms with Crippen LogP contribution in [0.15, 0.2) is 16.7 Å². The van der Waals surface area contributed by atoms with Gasteiger partial charge in [0.15, 0.2) is 11.3 Å². The SMILES string of the molecule is COC(=O)CCc1c(OC2OC(CO)C(O)C(O)C2O)c(OC)c2occc2c1OC. The number of carbonyl (C=O) groups is 1. The summed E-state index contributed by atoms with van der Waals surface area (Å²) in [6.45, 7) is -0.613. The van der Waals surface area contributed by atoms with Gasteiger partial charge in [-0.3, -0.25) is 4.79 Å². The summed E-state index contributed by atoms with van der Waals surface area (Å²) >= 11 is 0. The zero-order valence-electron chi connectivity index (χ0n) is 17.3. The first kappa shape index (κ1) is 23.1. The molecule has 0 saturated carbocycles. The molecule has 2 aromatic rings. The summed E-state index contributed by atoms with van der Waals surface area (Å²) in [4.78, 5) is 11.8. The molecule has 0 bridgehead atoms. The third-order valence-corrected chi connectivity index (χ3v) is 5.17. The smallest absolute Gasteiger partial charge is 0.305 e. The first-order valence-electron chi connectivity index (χ1n) is 9.55. The maximum atomic E-state index is 11.8. The second kappa shape index (κ2) is 9.71. The molecule has 5 unspecified atom stereocenters. The molecule has 11 nitrogen and oxygen atoms in total. The van der Waals surface area contributed by atoms with Gasteiger partial charge in [-0.15, -0.1) is 0 Å². The van der Waals surface area contributed by atoms with Gasteiger partial charge >= 0.3 is 5.97 Å². The topological polar surface area (TPSA) is 157 Å². The number of carbonyl (C=O) groups excluding carboxylic acids is 1. The van der Waals surface area contributed by atoms with Gasteiger partial charge in [-0.25, -0.2) is 0 Å². The molecule has 1 aliphatic heterocycles. The molecule has 3 rings (SSSR count). The van der Waals surface area contributed by atoms with Crippen molar-refractivity contribution in [2.45, 2.75) is 43.5 Å². The third kappa shape index (κ3) is 4.27. The number of esters is 1. The van der Waals surface area contributed by atoms with Crippen LogP contribution in [-0.2, 0) is 20.7 Å². The van der Waals surface area contributed by atoms with Crippen LogP contribution in [0.4, 0.5) is 0 Å². The summed E-state index contributed by atoms with van der Waals surface area (Å²) in [7, 11) is 4.09. The van der Waals surface area contributed by atoms with Crippen LogP contribution in [-0.4, -0.2) is 85.0 Å². The Labute approximate surface area is 177 Å². The molecule has 172 valence electrons. The van der Waals surface area contributed by atoms with Crippen molar-refractivity contribution in [2.75, 3.05) is 27.9 Å². The van der Waals surface area contributed by atoms with E-state index in [4.69, 9.17) is 28.1 Å². The third-order valence-electron chi connectivity index (χ3n) is 5.17. The number of aliphatic hydroxyl groups is 4. The summed E-state index contributed by atoms with van der Waals surface area (Å²) in [6, 6.07) is 1.66. The van der Waals surface area contributed by atoms with E-state index < -0.39 is 43.3 Å². The second-order valence-corrected chi connectivity index (χ2v) is 6.93. The Kier molecular flexibility index (Phi) is 7.23. The Morgan fingerprint density at radius 1 is 1.03 bits per heavy atom. The van der Waals surface area contributed by atoms with Gasteiger partial charge in [0.25, 0.3) is 0 Å². The second-order valence-electron chi connectivity index (χ2n) is 6.93. The van der Waals surface area contributed by atoms with Gasteiger partial charge in [0.2, 0.25) is 12.0 Å². The van der Waals surface area contributed by atoms with Crippen molar-refractivity contribution in [1.29, 1.82) is 0 Å². The average molecular weight is 442 g/mol. The van der Waals surface area contributed by atoms with Crippen molar-refractivity contribution < 1.29 is 53.3 Å².